The summed E-state index contributed by atoms with van der Waals surface area (Å²) in [5, 5.41) is 10.3. The fourth-order valence-electron chi connectivity index (χ4n) is 1.55. The van der Waals surface area contributed by atoms with Crippen molar-refractivity contribution in [3.05, 3.63) is 31.3 Å². The van der Waals surface area contributed by atoms with Crippen LogP contribution in [0.3, 0.4) is 0 Å². The number of hydrogen-bond acceptors (Lipinski definition) is 7. The van der Waals surface area contributed by atoms with Gasteiger partial charge in [-0.05, 0) is 16.6 Å². The predicted molar refractivity (Wildman–Crippen MR) is 81.8 cm³/mol. The maximum Gasteiger partial charge on any atom is 0.332 e. The molecule has 0 atom stereocenters. The zero-order valence-electron chi connectivity index (χ0n) is 12.8. The van der Waals surface area contributed by atoms with E-state index < -0.39 is 13.0 Å². The van der Waals surface area contributed by atoms with Crippen LogP contribution in [-0.4, -0.2) is 53.2 Å². The first-order valence-electron chi connectivity index (χ1n) is 6.32. The first kappa shape index (κ1) is 21.0. The van der Waals surface area contributed by atoms with Gasteiger partial charge in [-0.1, -0.05) is 15.3 Å². The Morgan fingerprint density at radius 3 is 1.74 bits per heavy atom. The fourth-order valence-corrected chi connectivity index (χ4v) is 2.42. The topological polar surface area (TPSA) is 191 Å². The molecule has 0 fully saturated rings. The Labute approximate surface area is 132 Å². The van der Waals surface area contributed by atoms with Crippen LogP contribution < -0.4 is 0 Å². The third-order valence-corrected chi connectivity index (χ3v) is 4.73. The first-order chi connectivity index (χ1) is 11.0. The van der Waals surface area contributed by atoms with E-state index in [2.05, 4.69) is 30.1 Å². The molecular formula is C9H18N9O4P. The highest BCUT2D eigenvalue weighted by atomic mass is 31.2. The summed E-state index contributed by atoms with van der Waals surface area (Å²) in [6, 6.07) is 0. The Morgan fingerprint density at radius 1 is 0.957 bits per heavy atom. The minimum absolute atomic E-state index is 0.0145. The maximum atomic E-state index is 11.9. The van der Waals surface area contributed by atoms with E-state index in [1.807, 2.05) is 0 Å². The molecule has 0 spiro atoms. The lowest BCUT2D eigenvalue weighted by molar-refractivity contribution is 0.0632. The molecule has 14 heteroatoms. The van der Waals surface area contributed by atoms with Gasteiger partial charge in [0.05, 0.1) is 19.4 Å². The SMILES string of the molecule is COP(=O)(CCOCC(CN=[N+]=[N-])(CN=[N+]=[N-])CN=[N+]=[N-])OC. The molecule has 0 aliphatic heterocycles. The van der Waals surface area contributed by atoms with Gasteiger partial charge in [0, 0.05) is 54.0 Å². The molecule has 0 radical (unpaired) electrons. The smallest absolute Gasteiger partial charge is 0.332 e. The molecule has 0 aliphatic rings. The second kappa shape index (κ2) is 11.6. The van der Waals surface area contributed by atoms with Gasteiger partial charge >= 0.3 is 7.60 Å². The average molecular weight is 347 g/mol. The van der Waals surface area contributed by atoms with E-state index in [0.717, 1.165) is 0 Å². The minimum atomic E-state index is -3.20. The lowest BCUT2D eigenvalue weighted by atomic mass is 9.89. The highest BCUT2D eigenvalue weighted by Gasteiger charge is 2.29. The van der Waals surface area contributed by atoms with Gasteiger partial charge in [0.2, 0.25) is 0 Å². The van der Waals surface area contributed by atoms with Gasteiger partial charge < -0.3 is 13.8 Å². The number of nitrogens with zero attached hydrogens (tertiary/aromatic N) is 9. The molecule has 0 aromatic heterocycles. The fraction of sp³-hybridized carbons (Fsp3) is 1.00. The van der Waals surface area contributed by atoms with Gasteiger partial charge in [-0.3, -0.25) is 4.57 Å². The molecule has 23 heavy (non-hydrogen) atoms. The van der Waals surface area contributed by atoms with Gasteiger partial charge in [0.25, 0.3) is 0 Å². The van der Waals surface area contributed by atoms with Crippen LogP contribution in [0.5, 0.6) is 0 Å². The number of rotatable bonds is 13. The van der Waals surface area contributed by atoms with E-state index in [4.69, 9.17) is 30.4 Å². The van der Waals surface area contributed by atoms with Crippen molar-refractivity contribution in [3.63, 3.8) is 0 Å². The summed E-state index contributed by atoms with van der Waals surface area (Å²) >= 11 is 0. The number of hydrogen-bond donors (Lipinski definition) is 0. The second-order valence-electron chi connectivity index (χ2n) is 4.42. The van der Waals surface area contributed by atoms with Crippen LogP contribution >= 0.6 is 7.60 Å². The quantitative estimate of drug-likeness (QED) is 0.162. The summed E-state index contributed by atoms with van der Waals surface area (Å²) < 4.78 is 26.8. The molecule has 0 saturated carbocycles. The van der Waals surface area contributed by atoms with E-state index in [1.165, 1.54) is 14.2 Å². The molecule has 128 valence electrons. The summed E-state index contributed by atoms with van der Waals surface area (Å²) in [5.41, 5.74) is 24.4. The summed E-state index contributed by atoms with van der Waals surface area (Å²) in [6.45, 7) is -0.268. The molecule has 0 amide bonds. The number of ether oxygens (including phenoxy) is 1. The standard InChI is InChI=1S/C9H18N9O4P/c1-20-23(19,21-2)4-3-22-8-9(5-13-16-10,6-14-17-11)7-15-18-12/h3-8H2,1-2H3. The summed E-state index contributed by atoms with van der Waals surface area (Å²) in [7, 11) is -0.671. The minimum Gasteiger partial charge on any atom is -0.380 e. The van der Waals surface area contributed by atoms with Gasteiger partial charge in [0.15, 0.2) is 0 Å². The van der Waals surface area contributed by atoms with Gasteiger partial charge in [-0.15, -0.1) is 0 Å². The Kier molecular flexibility index (Phi) is 10.6. The third kappa shape index (κ3) is 8.29. The Hall–Kier alpha value is -1.96. The highest BCUT2D eigenvalue weighted by Crippen LogP contribution is 2.45. The van der Waals surface area contributed by atoms with E-state index in [9.17, 15) is 4.57 Å². The van der Waals surface area contributed by atoms with Crippen molar-refractivity contribution in [1.29, 1.82) is 0 Å². The molecular weight excluding hydrogens is 329 g/mol. The molecule has 13 nitrogen and oxygen atoms in total. The Morgan fingerprint density at radius 2 is 1.39 bits per heavy atom. The molecule has 0 bridgehead atoms. The molecule has 0 saturated heterocycles. The van der Waals surface area contributed by atoms with E-state index >= 15 is 0 Å². The highest BCUT2D eigenvalue weighted by molar-refractivity contribution is 7.53. The molecule has 0 unspecified atom stereocenters. The first-order valence-corrected chi connectivity index (χ1v) is 8.05. The second-order valence-corrected chi connectivity index (χ2v) is 6.82. The molecule has 0 aromatic rings. The van der Waals surface area contributed by atoms with E-state index in [1.54, 1.807) is 0 Å². The van der Waals surface area contributed by atoms with Crippen LogP contribution in [0.4, 0.5) is 0 Å². The van der Waals surface area contributed by atoms with Crippen LogP contribution in [0.1, 0.15) is 0 Å². The normalized spacial score (nSPS) is 13.1. The number of azide groups is 3. The van der Waals surface area contributed by atoms with E-state index in [0.29, 0.717) is 0 Å². The Bertz CT molecular complexity index is 493. The van der Waals surface area contributed by atoms with Crippen molar-refractivity contribution in [2.24, 2.45) is 20.8 Å². The van der Waals surface area contributed by atoms with Crippen LogP contribution in [-0.2, 0) is 18.3 Å². The molecule has 0 aromatic carbocycles. The van der Waals surface area contributed by atoms with Crippen molar-refractivity contribution >= 4 is 7.60 Å². The molecule has 0 rings (SSSR count). The van der Waals surface area contributed by atoms with Crippen molar-refractivity contribution in [2.45, 2.75) is 0 Å². The van der Waals surface area contributed by atoms with Crippen molar-refractivity contribution < 1.29 is 18.3 Å². The summed E-state index contributed by atoms with van der Waals surface area (Å²) in [4.78, 5) is 7.94. The van der Waals surface area contributed by atoms with Crippen LogP contribution in [0.25, 0.3) is 31.3 Å². The van der Waals surface area contributed by atoms with Gasteiger partial charge in [0.1, 0.15) is 0 Å². The summed E-state index contributed by atoms with van der Waals surface area (Å²) in [5.74, 6) is 0. The Balaban J connectivity index is 4.89. The summed E-state index contributed by atoms with van der Waals surface area (Å²) in [6.07, 6.45) is 0.0145. The van der Waals surface area contributed by atoms with Gasteiger partial charge in [-0.25, -0.2) is 0 Å². The monoisotopic (exact) mass is 347 g/mol. The third-order valence-electron chi connectivity index (χ3n) is 2.88. The molecule has 0 N–H and O–H groups in total. The van der Waals surface area contributed by atoms with Crippen LogP contribution in [0, 0.1) is 5.41 Å². The van der Waals surface area contributed by atoms with E-state index in [-0.39, 0.29) is 39.0 Å². The zero-order valence-corrected chi connectivity index (χ0v) is 13.7. The van der Waals surface area contributed by atoms with Crippen molar-refractivity contribution in [2.75, 3.05) is 53.2 Å². The average Bonchev–Trinajstić information content (AvgIpc) is 2.59. The van der Waals surface area contributed by atoms with Crippen LogP contribution in [0.2, 0.25) is 0 Å². The lowest BCUT2D eigenvalue weighted by Crippen LogP contribution is -2.37. The zero-order chi connectivity index (χ0) is 17.6. The molecule has 0 aliphatic carbocycles. The van der Waals surface area contributed by atoms with Crippen molar-refractivity contribution in [1.82, 2.24) is 0 Å². The van der Waals surface area contributed by atoms with Crippen molar-refractivity contribution in [3.8, 4) is 0 Å². The van der Waals surface area contributed by atoms with Crippen LogP contribution in [0.15, 0.2) is 15.3 Å². The largest absolute Gasteiger partial charge is 0.380 e. The molecule has 0 heterocycles. The predicted octanol–water partition coefficient (Wildman–Crippen LogP) is 3.41. The van der Waals surface area contributed by atoms with Gasteiger partial charge in [-0.2, -0.15) is 0 Å². The lowest BCUT2D eigenvalue weighted by Gasteiger charge is -2.29. The maximum absolute atomic E-state index is 11.9.